The van der Waals surface area contributed by atoms with Crippen LogP contribution in [0.3, 0.4) is 0 Å². The number of rotatable bonds is 4. The minimum absolute atomic E-state index is 0.142. The number of hydrogen-bond acceptors (Lipinski definition) is 4. The second-order valence-corrected chi connectivity index (χ2v) is 8.32. The number of benzene rings is 1. The standard InChI is InChI=1S/C16H17F3N2O4S/c17-16(18,19)26(24,25)20-12-5-2-1-4-11(12)10-21-9-8-15(6-3-7-15)13(22)14(21)23/h1-2,4-5,20H,3,6-10H2. The number of sulfonamides is 1. The number of carbonyl (C=O) groups excluding carboxylic acids is 2. The van der Waals surface area contributed by atoms with E-state index in [1.165, 1.54) is 33.9 Å². The monoisotopic (exact) mass is 390 g/mol. The van der Waals surface area contributed by atoms with Crippen LogP contribution in [0.15, 0.2) is 24.3 Å². The van der Waals surface area contributed by atoms with Crippen molar-refractivity contribution in [2.75, 3.05) is 11.3 Å². The van der Waals surface area contributed by atoms with Gasteiger partial charge in [0.1, 0.15) is 0 Å². The molecule has 1 saturated carbocycles. The third kappa shape index (κ3) is 3.17. The topological polar surface area (TPSA) is 83.6 Å². The maximum Gasteiger partial charge on any atom is 0.516 e. The molecule has 1 heterocycles. The summed E-state index contributed by atoms with van der Waals surface area (Å²) in [6.07, 6.45) is 2.80. The van der Waals surface area contributed by atoms with Crippen molar-refractivity contribution in [3.8, 4) is 0 Å². The number of Topliss-reactive ketones (excluding diaryl/α,β-unsaturated/α-hetero) is 1. The number of halogens is 3. The lowest BCUT2D eigenvalue weighted by atomic mass is 9.62. The zero-order valence-corrected chi connectivity index (χ0v) is 14.5. The molecule has 1 N–H and O–H groups in total. The molecule has 142 valence electrons. The van der Waals surface area contributed by atoms with Gasteiger partial charge in [-0.1, -0.05) is 24.6 Å². The number of para-hydroxylation sites is 1. The third-order valence-corrected chi connectivity index (χ3v) is 6.16. The average molecular weight is 390 g/mol. The fraction of sp³-hybridized carbons (Fsp3) is 0.500. The van der Waals surface area contributed by atoms with Crippen LogP contribution in [-0.2, 0) is 26.2 Å². The fourth-order valence-corrected chi connectivity index (χ4v) is 3.94. The molecule has 0 atom stereocenters. The molecule has 1 saturated heterocycles. The maximum atomic E-state index is 12.6. The van der Waals surface area contributed by atoms with Gasteiger partial charge in [0.15, 0.2) is 0 Å². The molecule has 6 nitrogen and oxygen atoms in total. The number of amides is 1. The van der Waals surface area contributed by atoms with E-state index in [-0.39, 0.29) is 17.8 Å². The van der Waals surface area contributed by atoms with Crippen molar-refractivity contribution in [3.05, 3.63) is 29.8 Å². The van der Waals surface area contributed by atoms with Crippen LogP contribution in [0.5, 0.6) is 0 Å². The highest BCUT2D eigenvalue weighted by atomic mass is 32.2. The number of ketones is 1. The van der Waals surface area contributed by atoms with Crippen LogP contribution in [0.2, 0.25) is 0 Å². The molecule has 0 radical (unpaired) electrons. The predicted octanol–water partition coefficient (Wildman–Crippen LogP) is 2.42. The Labute approximate surface area is 148 Å². The van der Waals surface area contributed by atoms with Gasteiger partial charge < -0.3 is 4.90 Å². The van der Waals surface area contributed by atoms with Crippen LogP contribution < -0.4 is 4.72 Å². The molecule has 0 bridgehead atoms. The Bertz CT molecular complexity index is 847. The Balaban J connectivity index is 1.79. The number of nitrogens with zero attached hydrogens (tertiary/aromatic N) is 1. The zero-order chi connectivity index (χ0) is 19.2. The molecule has 1 aromatic rings. The minimum atomic E-state index is -5.57. The van der Waals surface area contributed by atoms with E-state index in [4.69, 9.17) is 0 Å². The van der Waals surface area contributed by atoms with E-state index in [1.807, 2.05) is 0 Å². The van der Waals surface area contributed by atoms with Gasteiger partial charge in [-0.2, -0.15) is 21.6 Å². The van der Waals surface area contributed by atoms with Crippen molar-refractivity contribution in [2.45, 2.75) is 37.7 Å². The second kappa shape index (κ2) is 6.26. The number of anilines is 1. The van der Waals surface area contributed by atoms with Gasteiger partial charge in [-0.3, -0.25) is 14.3 Å². The fourth-order valence-electron chi connectivity index (χ4n) is 3.33. The van der Waals surface area contributed by atoms with Crippen LogP contribution >= 0.6 is 0 Å². The molecule has 10 heteroatoms. The lowest BCUT2D eigenvalue weighted by Crippen LogP contribution is -2.54. The summed E-state index contributed by atoms with van der Waals surface area (Å²) < 4.78 is 62.0. The number of carbonyl (C=O) groups is 2. The molecule has 26 heavy (non-hydrogen) atoms. The molecule has 0 aromatic heterocycles. The van der Waals surface area contributed by atoms with Crippen molar-refractivity contribution >= 4 is 27.4 Å². The largest absolute Gasteiger partial charge is 0.516 e. The van der Waals surface area contributed by atoms with Crippen molar-refractivity contribution in [3.63, 3.8) is 0 Å². The highest BCUT2D eigenvalue weighted by Crippen LogP contribution is 2.47. The Morgan fingerprint density at radius 1 is 1.12 bits per heavy atom. The summed E-state index contributed by atoms with van der Waals surface area (Å²) in [5.74, 6) is -1.12. The summed E-state index contributed by atoms with van der Waals surface area (Å²) in [4.78, 5) is 25.9. The summed E-state index contributed by atoms with van der Waals surface area (Å²) in [6, 6.07) is 5.50. The van der Waals surface area contributed by atoms with E-state index in [2.05, 4.69) is 0 Å². The summed E-state index contributed by atoms with van der Waals surface area (Å²) in [7, 11) is -5.57. The van der Waals surface area contributed by atoms with Gasteiger partial charge in [0.2, 0.25) is 5.78 Å². The normalized spacial score (nSPS) is 20.2. The van der Waals surface area contributed by atoms with Crippen LogP contribution in [0.4, 0.5) is 18.9 Å². The molecule has 1 aliphatic carbocycles. The highest BCUT2D eigenvalue weighted by Gasteiger charge is 2.51. The first-order valence-electron chi connectivity index (χ1n) is 8.06. The quantitative estimate of drug-likeness (QED) is 0.801. The number of piperidine rings is 1. The van der Waals surface area contributed by atoms with Crippen LogP contribution in [0.25, 0.3) is 0 Å². The summed E-state index contributed by atoms with van der Waals surface area (Å²) in [5, 5.41) is 0. The Morgan fingerprint density at radius 2 is 1.77 bits per heavy atom. The van der Waals surface area contributed by atoms with E-state index in [1.54, 1.807) is 0 Å². The van der Waals surface area contributed by atoms with Gasteiger partial charge in [0, 0.05) is 18.5 Å². The summed E-state index contributed by atoms with van der Waals surface area (Å²) in [5.41, 5.74) is -6.10. The molecule has 2 fully saturated rings. The average Bonchev–Trinajstić information content (AvgIpc) is 2.51. The smallest absolute Gasteiger partial charge is 0.332 e. The predicted molar refractivity (Wildman–Crippen MR) is 86.4 cm³/mol. The van der Waals surface area contributed by atoms with Gasteiger partial charge in [-0.05, 0) is 30.9 Å². The van der Waals surface area contributed by atoms with E-state index in [9.17, 15) is 31.2 Å². The van der Waals surface area contributed by atoms with Gasteiger partial charge >= 0.3 is 15.5 Å². The number of hydrogen-bond donors (Lipinski definition) is 1. The van der Waals surface area contributed by atoms with Crippen molar-refractivity contribution < 1.29 is 31.2 Å². The molecule has 1 spiro atoms. The van der Waals surface area contributed by atoms with Gasteiger partial charge in [0.05, 0.1) is 5.69 Å². The van der Waals surface area contributed by atoms with Crippen LogP contribution in [-0.4, -0.2) is 37.1 Å². The zero-order valence-electron chi connectivity index (χ0n) is 13.7. The molecular weight excluding hydrogens is 373 g/mol. The summed E-state index contributed by atoms with van der Waals surface area (Å²) in [6.45, 7) is 0.169. The molecule has 0 unspecified atom stereocenters. The molecule has 1 aliphatic heterocycles. The second-order valence-electron chi connectivity index (χ2n) is 6.65. The van der Waals surface area contributed by atoms with Crippen LogP contribution in [0, 0.1) is 5.41 Å². The van der Waals surface area contributed by atoms with E-state index in [0.717, 1.165) is 6.42 Å². The lowest BCUT2D eigenvalue weighted by molar-refractivity contribution is -0.159. The first-order chi connectivity index (χ1) is 12.1. The first kappa shape index (κ1) is 18.7. The van der Waals surface area contributed by atoms with Crippen molar-refractivity contribution in [2.24, 2.45) is 5.41 Å². The van der Waals surface area contributed by atoms with E-state index >= 15 is 0 Å². The minimum Gasteiger partial charge on any atom is -0.332 e. The molecule has 3 rings (SSSR count). The number of likely N-dealkylation sites (tertiary alicyclic amines) is 1. The molecular formula is C16H17F3N2O4S. The maximum absolute atomic E-state index is 12.6. The van der Waals surface area contributed by atoms with E-state index in [0.29, 0.717) is 25.8 Å². The SMILES string of the molecule is O=C1C(=O)C2(CCC2)CCN1Cc1ccccc1NS(=O)(=O)C(F)(F)F. The number of alkyl halides is 3. The molecule has 1 amide bonds. The van der Waals surface area contributed by atoms with E-state index < -0.39 is 32.6 Å². The highest BCUT2D eigenvalue weighted by molar-refractivity contribution is 7.93. The van der Waals surface area contributed by atoms with Crippen LogP contribution in [0.1, 0.15) is 31.2 Å². The Kier molecular flexibility index (Phi) is 4.50. The third-order valence-electron chi connectivity index (χ3n) is 5.06. The molecule has 2 aliphatic rings. The number of nitrogens with one attached hydrogen (secondary N) is 1. The van der Waals surface area contributed by atoms with Crippen molar-refractivity contribution in [1.29, 1.82) is 0 Å². The Hall–Kier alpha value is -2.10. The summed E-state index contributed by atoms with van der Waals surface area (Å²) >= 11 is 0. The lowest BCUT2D eigenvalue weighted by Gasteiger charge is -2.45. The van der Waals surface area contributed by atoms with Crippen molar-refractivity contribution in [1.82, 2.24) is 4.90 Å². The van der Waals surface area contributed by atoms with Gasteiger partial charge in [0.25, 0.3) is 5.91 Å². The molecule has 1 aromatic carbocycles. The van der Waals surface area contributed by atoms with Gasteiger partial charge in [-0.15, -0.1) is 0 Å². The van der Waals surface area contributed by atoms with Gasteiger partial charge in [-0.25, -0.2) is 0 Å². The first-order valence-corrected chi connectivity index (χ1v) is 9.55. The Morgan fingerprint density at radius 3 is 2.35 bits per heavy atom.